The Bertz CT molecular complexity index is 1000. The van der Waals surface area contributed by atoms with E-state index in [2.05, 4.69) is 27.1 Å². The molecule has 1 N–H and O–H groups in total. The van der Waals surface area contributed by atoms with Crippen molar-refractivity contribution in [3.05, 3.63) is 32.5 Å². The first-order valence-electron chi connectivity index (χ1n) is 8.67. The van der Waals surface area contributed by atoms with E-state index in [9.17, 15) is 4.79 Å². The Labute approximate surface area is 152 Å². The number of nitrogens with one attached hydrogen (secondary N) is 1. The molecule has 1 fully saturated rings. The number of thiophene rings is 1. The van der Waals surface area contributed by atoms with Gasteiger partial charge in [-0.15, -0.1) is 21.5 Å². The smallest absolute Gasteiger partial charge is 0.277 e. The van der Waals surface area contributed by atoms with Crippen molar-refractivity contribution in [3.8, 4) is 0 Å². The van der Waals surface area contributed by atoms with Gasteiger partial charge in [-0.2, -0.15) is 0 Å². The van der Waals surface area contributed by atoms with Crippen LogP contribution < -0.4 is 5.56 Å². The Morgan fingerprint density at radius 3 is 3.04 bits per heavy atom. The van der Waals surface area contributed by atoms with Crippen molar-refractivity contribution in [3.63, 3.8) is 0 Å². The quantitative estimate of drug-likeness (QED) is 0.702. The minimum atomic E-state index is -0.0168. The molecule has 1 saturated carbocycles. The Kier molecular flexibility index (Phi) is 3.71. The van der Waals surface area contributed by atoms with Gasteiger partial charge in [-0.05, 0) is 43.6 Å². The summed E-state index contributed by atoms with van der Waals surface area (Å²) in [5, 5.41) is 9.49. The fraction of sp³-hybridized carbons (Fsp3) is 0.529. The standard InChI is InChI=1S/C17H18N4O2S2/c1-8-2-5-10-11(6-8)25-16-13(10)14(22)18-12(19-16)7-24-17-21-20-15(23-17)9-3-4-9/h8-9H,2-7H2,1H3,(H,18,19,22)/t8-/m0/s1. The number of rotatable bonds is 4. The second-order valence-corrected chi connectivity index (χ2v) is 9.02. The summed E-state index contributed by atoms with van der Waals surface area (Å²) < 4.78 is 5.65. The molecule has 3 heterocycles. The molecule has 0 bridgehead atoms. The maximum atomic E-state index is 12.6. The fourth-order valence-electron chi connectivity index (χ4n) is 3.37. The number of aryl methyl sites for hydroxylation is 1. The topological polar surface area (TPSA) is 84.7 Å². The number of nitrogens with zero attached hydrogens (tertiary/aromatic N) is 3. The van der Waals surface area contributed by atoms with Gasteiger partial charge in [0.2, 0.25) is 5.89 Å². The van der Waals surface area contributed by atoms with E-state index in [-0.39, 0.29) is 5.56 Å². The largest absolute Gasteiger partial charge is 0.416 e. The number of hydrogen-bond acceptors (Lipinski definition) is 7. The van der Waals surface area contributed by atoms with Crippen molar-refractivity contribution >= 4 is 33.3 Å². The number of aromatic amines is 1. The van der Waals surface area contributed by atoms with Crippen LogP contribution in [-0.4, -0.2) is 20.2 Å². The normalized spacial score (nSPS) is 20.1. The van der Waals surface area contributed by atoms with Gasteiger partial charge in [0.05, 0.1) is 11.1 Å². The summed E-state index contributed by atoms with van der Waals surface area (Å²) in [5.74, 6) is 3.07. The molecule has 0 spiro atoms. The minimum Gasteiger partial charge on any atom is -0.416 e. The summed E-state index contributed by atoms with van der Waals surface area (Å²) >= 11 is 3.10. The van der Waals surface area contributed by atoms with Crippen LogP contribution in [0.1, 0.15) is 54.3 Å². The average molecular weight is 374 g/mol. The third-order valence-electron chi connectivity index (χ3n) is 4.90. The van der Waals surface area contributed by atoms with Crippen molar-refractivity contribution in [2.75, 3.05) is 0 Å². The lowest BCUT2D eigenvalue weighted by Gasteiger charge is -2.17. The number of fused-ring (bicyclic) bond motifs is 3. The molecule has 0 aromatic carbocycles. The van der Waals surface area contributed by atoms with Gasteiger partial charge in [0, 0.05) is 10.8 Å². The minimum absolute atomic E-state index is 0.0168. The molecule has 8 heteroatoms. The molecule has 130 valence electrons. The lowest BCUT2D eigenvalue weighted by molar-refractivity contribution is 0.414. The number of aromatic nitrogens is 4. The van der Waals surface area contributed by atoms with Gasteiger partial charge < -0.3 is 9.40 Å². The van der Waals surface area contributed by atoms with E-state index in [1.54, 1.807) is 11.3 Å². The maximum absolute atomic E-state index is 12.6. The van der Waals surface area contributed by atoms with E-state index in [1.807, 2.05) is 0 Å². The van der Waals surface area contributed by atoms with Crippen LogP contribution in [0.4, 0.5) is 0 Å². The highest BCUT2D eigenvalue weighted by molar-refractivity contribution is 7.98. The molecule has 0 amide bonds. The predicted molar refractivity (Wildman–Crippen MR) is 97.3 cm³/mol. The summed E-state index contributed by atoms with van der Waals surface area (Å²) in [6.07, 6.45) is 5.47. The zero-order valence-electron chi connectivity index (χ0n) is 13.9. The van der Waals surface area contributed by atoms with Gasteiger partial charge >= 0.3 is 0 Å². The molecule has 0 unspecified atom stereocenters. The number of hydrogen-bond donors (Lipinski definition) is 1. The molecule has 1 atom stereocenters. The molecular weight excluding hydrogens is 356 g/mol. The third kappa shape index (κ3) is 2.91. The average Bonchev–Trinajstić information content (AvgIpc) is 3.21. The van der Waals surface area contributed by atoms with Crippen LogP contribution in [0.2, 0.25) is 0 Å². The molecule has 25 heavy (non-hydrogen) atoms. The molecule has 6 nitrogen and oxygen atoms in total. The second-order valence-electron chi connectivity index (χ2n) is 7.01. The van der Waals surface area contributed by atoms with E-state index in [0.29, 0.717) is 28.6 Å². The van der Waals surface area contributed by atoms with Crippen LogP contribution in [0, 0.1) is 5.92 Å². The second kappa shape index (κ2) is 5.95. The Morgan fingerprint density at radius 1 is 1.32 bits per heavy atom. The number of thioether (sulfide) groups is 1. The molecule has 0 saturated heterocycles. The first-order valence-corrected chi connectivity index (χ1v) is 10.5. The summed E-state index contributed by atoms with van der Waals surface area (Å²) in [4.78, 5) is 22.4. The van der Waals surface area contributed by atoms with E-state index in [1.165, 1.54) is 22.2 Å². The van der Waals surface area contributed by atoms with E-state index in [4.69, 9.17) is 4.42 Å². The van der Waals surface area contributed by atoms with Gasteiger partial charge in [-0.3, -0.25) is 4.79 Å². The van der Waals surface area contributed by atoms with E-state index in [0.717, 1.165) is 48.2 Å². The summed E-state index contributed by atoms with van der Waals surface area (Å²) in [6, 6.07) is 0. The number of H-pyrrole nitrogens is 1. The van der Waals surface area contributed by atoms with Crippen molar-refractivity contribution in [1.82, 2.24) is 20.2 Å². The van der Waals surface area contributed by atoms with Crippen LogP contribution in [0.25, 0.3) is 10.2 Å². The molecular formula is C17H18N4O2S2. The van der Waals surface area contributed by atoms with Crippen molar-refractivity contribution in [2.24, 2.45) is 5.92 Å². The van der Waals surface area contributed by atoms with Crippen LogP contribution >= 0.6 is 23.1 Å². The van der Waals surface area contributed by atoms with E-state index >= 15 is 0 Å². The van der Waals surface area contributed by atoms with Crippen molar-refractivity contribution in [2.45, 2.75) is 55.9 Å². The van der Waals surface area contributed by atoms with Crippen LogP contribution in [-0.2, 0) is 18.6 Å². The molecule has 2 aliphatic rings. The summed E-state index contributed by atoms with van der Waals surface area (Å²) in [5.41, 5.74) is 1.20. The van der Waals surface area contributed by atoms with Gasteiger partial charge in [0.25, 0.3) is 10.8 Å². The predicted octanol–water partition coefficient (Wildman–Crippen LogP) is 3.66. The van der Waals surface area contributed by atoms with E-state index < -0.39 is 0 Å². The van der Waals surface area contributed by atoms with Gasteiger partial charge in [0.15, 0.2) is 0 Å². The maximum Gasteiger partial charge on any atom is 0.277 e. The molecule has 2 aliphatic carbocycles. The lowest BCUT2D eigenvalue weighted by Crippen LogP contribution is -2.14. The zero-order chi connectivity index (χ0) is 17.0. The molecule has 3 aromatic heterocycles. The summed E-state index contributed by atoms with van der Waals surface area (Å²) in [6.45, 7) is 2.27. The Morgan fingerprint density at radius 2 is 2.20 bits per heavy atom. The summed E-state index contributed by atoms with van der Waals surface area (Å²) in [7, 11) is 0. The highest BCUT2D eigenvalue weighted by Gasteiger charge is 2.29. The van der Waals surface area contributed by atoms with Crippen molar-refractivity contribution in [1.29, 1.82) is 0 Å². The molecule has 0 aliphatic heterocycles. The molecule has 5 rings (SSSR count). The highest BCUT2D eigenvalue weighted by atomic mass is 32.2. The van der Waals surface area contributed by atoms with Crippen LogP contribution in [0.5, 0.6) is 0 Å². The van der Waals surface area contributed by atoms with Gasteiger partial charge in [-0.1, -0.05) is 18.7 Å². The van der Waals surface area contributed by atoms with Gasteiger partial charge in [0.1, 0.15) is 10.7 Å². The lowest BCUT2D eigenvalue weighted by atomic mass is 9.89. The molecule has 3 aromatic rings. The Hall–Kier alpha value is -1.67. The SMILES string of the molecule is C[C@H]1CCc2c(sc3nc(CSc4nnc(C5CC5)o4)[nH]c(=O)c23)C1. The first kappa shape index (κ1) is 15.6. The van der Waals surface area contributed by atoms with Crippen LogP contribution in [0.3, 0.4) is 0 Å². The third-order valence-corrected chi connectivity index (χ3v) is 6.87. The van der Waals surface area contributed by atoms with Crippen LogP contribution in [0.15, 0.2) is 14.4 Å². The first-order chi connectivity index (χ1) is 12.2. The Balaban J connectivity index is 1.40. The van der Waals surface area contributed by atoms with Gasteiger partial charge in [-0.25, -0.2) is 4.98 Å². The highest BCUT2D eigenvalue weighted by Crippen LogP contribution is 2.40. The fourth-order valence-corrected chi connectivity index (χ4v) is 5.41. The monoisotopic (exact) mass is 374 g/mol. The zero-order valence-corrected chi connectivity index (χ0v) is 15.5. The molecule has 0 radical (unpaired) electrons. The van der Waals surface area contributed by atoms with Crippen molar-refractivity contribution < 1.29 is 4.42 Å².